The number of rotatable bonds is 3. The Morgan fingerprint density at radius 2 is 2.06 bits per heavy atom. The van der Waals surface area contributed by atoms with Crippen LogP contribution in [0.4, 0.5) is 0 Å². The normalized spacial score (nSPS) is 26.9. The molecule has 2 N–H and O–H groups in total. The van der Waals surface area contributed by atoms with Crippen LogP contribution in [0.2, 0.25) is 0 Å². The first-order valence-corrected chi connectivity index (χ1v) is 6.17. The Labute approximate surface area is 103 Å². The molecule has 3 nitrogen and oxygen atoms in total. The summed E-state index contributed by atoms with van der Waals surface area (Å²) >= 11 is 0. The summed E-state index contributed by atoms with van der Waals surface area (Å²) in [6.45, 7) is 5.04. The Morgan fingerprint density at radius 1 is 1.41 bits per heavy atom. The molecule has 1 fully saturated rings. The van der Waals surface area contributed by atoms with E-state index in [1.807, 2.05) is 25.1 Å². The molecule has 0 radical (unpaired) electrons. The van der Waals surface area contributed by atoms with E-state index in [0.29, 0.717) is 0 Å². The zero-order valence-electron chi connectivity index (χ0n) is 10.5. The van der Waals surface area contributed by atoms with Crippen molar-refractivity contribution in [3.63, 3.8) is 0 Å². The highest BCUT2D eigenvalue weighted by molar-refractivity contribution is 5.84. The Bertz CT molecular complexity index is 404. The molecule has 92 valence electrons. The molecular weight excluding hydrogens is 212 g/mol. The van der Waals surface area contributed by atoms with Crippen LogP contribution in [-0.4, -0.2) is 22.9 Å². The van der Waals surface area contributed by atoms with Crippen molar-refractivity contribution in [1.82, 2.24) is 4.90 Å². The Kier molecular flexibility index (Phi) is 3.20. The average molecular weight is 232 g/mol. The van der Waals surface area contributed by atoms with Gasteiger partial charge in [0.25, 0.3) is 0 Å². The minimum atomic E-state index is -0.491. The monoisotopic (exact) mass is 232 g/mol. The van der Waals surface area contributed by atoms with E-state index in [0.717, 1.165) is 19.4 Å². The first-order valence-electron chi connectivity index (χ1n) is 6.17. The molecule has 2 atom stereocenters. The molecule has 17 heavy (non-hydrogen) atoms. The fraction of sp³-hybridized carbons (Fsp3) is 0.500. The van der Waals surface area contributed by atoms with Gasteiger partial charge in [0, 0.05) is 6.04 Å². The Hall–Kier alpha value is -1.35. The third-order valence-corrected chi connectivity index (χ3v) is 3.98. The van der Waals surface area contributed by atoms with Gasteiger partial charge in [-0.3, -0.25) is 9.69 Å². The van der Waals surface area contributed by atoms with Crippen LogP contribution in [0.5, 0.6) is 0 Å². The standard InChI is InChI=1S/C14H20N2O/c1-11(12-7-4-3-5-8-12)16-10-6-9-14(16,2)13(15)17/h3-5,7-8,11H,6,9-10H2,1-2H3,(H2,15,17)/t11-,14+/m1/s1. The van der Waals surface area contributed by atoms with Gasteiger partial charge in [-0.2, -0.15) is 0 Å². The first kappa shape index (κ1) is 12.1. The van der Waals surface area contributed by atoms with Crippen LogP contribution in [0.1, 0.15) is 38.3 Å². The van der Waals surface area contributed by atoms with Crippen LogP contribution >= 0.6 is 0 Å². The molecule has 0 spiro atoms. The molecule has 1 aromatic rings. The van der Waals surface area contributed by atoms with E-state index in [4.69, 9.17) is 5.73 Å². The second-order valence-electron chi connectivity index (χ2n) is 5.02. The third-order valence-electron chi connectivity index (χ3n) is 3.98. The van der Waals surface area contributed by atoms with Crippen LogP contribution in [0, 0.1) is 0 Å². The molecule has 1 saturated heterocycles. The molecular formula is C14H20N2O. The highest BCUT2D eigenvalue weighted by Crippen LogP contribution is 2.36. The minimum absolute atomic E-state index is 0.210. The maximum atomic E-state index is 11.7. The fourth-order valence-electron chi connectivity index (χ4n) is 2.78. The van der Waals surface area contributed by atoms with Gasteiger partial charge in [0.2, 0.25) is 5.91 Å². The number of benzene rings is 1. The van der Waals surface area contributed by atoms with E-state index in [-0.39, 0.29) is 11.9 Å². The van der Waals surface area contributed by atoms with Gasteiger partial charge in [0.1, 0.15) is 0 Å². The topological polar surface area (TPSA) is 46.3 Å². The lowest BCUT2D eigenvalue weighted by Crippen LogP contribution is -2.52. The molecule has 0 unspecified atom stereocenters. The predicted octanol–water partition coefficient (Wildman–Crippen LogP) is 2.09. The van der Waals surface area contributed by atoms with E-state index < -0.39 is 5.54 Å². The first-order chi connectivity index (χ1) is 8.05. The summed E-state index contributed by atoms with van der Waals surface area (Å²) in [5, 5.41) is 0. The number of carbonyl (C=O) groups excluding carboxylic acids is 1. The van der Waals surface area contributed by atoms with Gasteiger partial charge in [-0.25, -0.2) is 0 Å². The summed E-state index contributed by atoms with van der Waals surface area (Å²) in [5.41, 5.74) is 6.30. The molecule has 3 heteroatoms. The lowest BCUT2D eigenvalue weighted by atomic mass is 9.95. The number of amides is 1. The summed E-state index contributed by atoms with van der Waals surface area (Å²) in [6, 6.07) is 10.5. The molecule has 2 rings (SSSR count). The number of primary amides is 1. The number of likely N-dealkylation sites (tertiary alicyclic amines) is 1. The summed E-state index contributed by atoms with van der Waals surface area (Å²) in [6.07, 6.45) is 1.90. The van der Waals surface area contributed by atoms with Gasteiger partial charge in [0.05, 0.1) is 5.54 Å². The van der Waals surface area contributed by atoms with E-state index in [1.165, 1.54) is 5.56 Å². The lowest BCUT2D eigenvalue weighted by Gasteiger charge is -2.37. The zero-order valence-corrected chi connectivity index (χ0v) is 10.5. The van der Waals surface area contributed by atoms with E-state index in [1.54, 1.807) is 0 Å². The molecule has 1 amide bonds. The largest absolute Gasteiger partial charge is 0.368 e. The predicted molar refractivity (Wildman–Crippen MR) is 68.4 cm³/mol. The average Bonchev–Trinajstić information content (AvgIpc) is 2.73. The zero-order chi connectivity index (χ0) is 12.5. The Balaban J connectivity index is 2.25. The maximum absolute atomic E-state index is 11.7. The van der Waals surface area contributed by atoms with Gasteiger partial charge >= 0.3 is 0 Å². The summed E-state index contributed by atoms with van der Waals surface area (Å²) < 4.78 is 0. The van der Waals surface area contributed by atoms with Crippen molar-refractivity contribution in [2.75, 3.05) is 6.54 Å². The molecule has 1 aliphatic heterocycles. The second-order valence-corrected chi connectivity index (χ2v) is 5.02. The van der Waals surface area contributed by atoms with Gasteiger partial charge in [-0.1, -0.05) is 30.3 Å². The Morgan fingerprint density at radius 3 is 2.65 bits per heavy atom. The molecule has 1 aromatic carbocycles. The van der Waals surface area contributed by atoms with Crippen molar-refractivity contribution in [3.05, 3.63) is 35.9 Å². The van der Waals surface area contributed by atoms with Crippen LogP contribution < -0.4 is 5.73 Å². The van der Waals surface area contributed by atoms with Gasteiger partial charge < -0.3 is 5.73 Å². The molecule has 0 aliphatic carbocycles. The molecule has 0 aromatic heterocycles. The molecule has 1 aliphatic rings. The summed E-state index contributed by atoms with van der Waals surface area (Å²) in [4.78, 5) is 13.9. The minimum Gasteiger partial charge on any atom is -0.368 e. The van der Waals surface area contributed by atoms with Crippen LogP contribution in [-0.2, 0) is 4.79 Å². The second kappa shape index (κ2) is 4.49. The fourth-order valence-corrected chi connectivity index (χ4v) is 2.78. The van der Waals surface area contributed by atoms with Crippen LogP contribution in [0.15, 0.2) is 30.3 Å². The maximum Gasteiger partial charge on any atom is 0.237 e. The van der Waals surface area contributed by atoms with Crippen LogP contribution in [0.3, 0.4) is 0 Å². The molecule has 0 saturated carbocycles. The van der Waals surface area contributed by atoms with Crippen molar-refractivity contribution in [1.29, 1.82) is 0 Å². The van der Waals surface area contributed by atoms with Gasteiger partial charge in [-0.15, -0.1) is 0 Å². The summed E-state index contributed by atoms with van der Waals surface area (Å²) in [5.74, 6) is -0.210. The SMILES string of the molecule is C[C@H](c1ccccc1)N1CCC[C@@]1(C)C(N)=O. The smallest absolute Gasteiger partial charge is 0.237 e. The quantitative estimate of drug-likeness (QED) is 0.867. The molecule has 1 heterocycles. The highest BCUT2D eigenvalue weighted by atomic mass is 16.1. The summed E-state index contributed by atoms with van der Waals surface area (Å²) in [7, 11) is 0. The molecule has 0 bridgehead atoms. The van der Waals surface area contributed by atoms with E-state index in [2.05, 4.69) is 24.0 Å². The third kappa shape index (κ3) is 2.07. The number of nitrogens with two attached hydrogens (primary N) is 1. The van der Waals surface area contributed by atoms with Crippen molar-refractivity contribution in [2.45, 2.75) is 38.3 Å². The number of carbonyl (C=O) groups is 1. The van der Waals surface area contributed by atoms with Crippen molar-refractivity contribution in [3.8, 4) is 0 Å². The van der Waals surface area contributed by atoms with E-state index >= 15 is 0 Å². The van der Waals surface area contributed by atoms with Crippen molar-refractivity contribution >= 4 is 5.91 Å². The number of nitrogens with zero attached hydrogens (tertiary/aromatic N) is 1. The van der Waals surface area contributed by atoms with Crippen molar-refractivity contribution in [2.24, 2.45) is 5.73 Å². The number of hydrogen-bond acceptors (Lipinski definition) is 2. The van der Waals surface area contributed by atoms with Crippen molar-refractivity contribution < 1.29 is 4.79 Å². The highest BCUT2D eigenvalue weighted by Gasteiger charge is 2.43. The van der Waals surface area contributed by atoms with Crippen LogP contribution in [0.25, 0.3) is 0 Å². The lowest BCUT2D eigenvalue weighted by molar-refractivity contribution is -0.128. The number of hydrogen-bond donors (Lipinski definition) is 1. The van der Waals surface area contributed by atoms with E-state index in [9.17, 15) is 4.79 Å². The van der Waals surface area contributed by atoms with Gasteiger partial charge in [0.15, 0.2) is 0 Å². The van der Waals surface area contributed by atoms with Gasteiger partial charge in [-0.05, 0) is 38.8 Å².